The SMILES string of the molecule is CCCCCCCCCCCCCCCCCCCCC(=O)O[C@H](COC(=O)CCCCCCCCCCCCCCCCCC)COP(=O)(O)OC[C@@H](O)COP(=O)(O)OC[C@@H](COC(=O)CCCCCCCCCCCC)OC(=O)CCCCCCCCCCC(C)CC. The lowest BCUT2D eigenvalue weighted by Gasteiger charge is -2.21. The number of carbonyl (C=O) groups is 4. The molecular formula is C77H150O17P2. The molecule has 0 aliphatic rings. The van der Waals surface area contributed by atoms with Gasteiger partial charge in [0.25, 0.3) is 0 Å². The molecule has 17 nitrogen and oxygen atoms in total. The van der Waals surface area contributed by atoms with Crippen molar-refractivity contribution in [1.29, 1.82) is 0 Å². The van der Waals surface area contributed by atoms with Gasteiger partial charge >= 0.3 is 39.5 Å². The number of phosphoric acid groups is 2. The number of aliphatic hydroxyl groups excluding tert-OH is 1. The fraction of sp³-hybridized carbons (Fsp3) is 0.948. The molecule has 96 heavy (non-hydrogen) atoms. The Morgan fingerprint density at radius 3 is 0.740 bits per heavy atom. The minimum atomic E-state index is -4.96. The summed E-state index contributed by atoms with van der Waals surface area (Å²) in [5.74, 6) is -1.34. The molecule has 0 saturated heterocycles. The maximum atomic E-state index is 13.1. The molecule has 19 heteroatoms. The van der Waals surface area contributed by atoms with Crippen molar-refractivity contribution >= 4 is 39.5 Å². The first-order valence-corrected chi connectivity index (χ1v) is 43.2. The molecule has 0 saturated carbocycles. The van der Waals surface area contributed by atoms with Gasteiger partial charge in [0.05, 0.1) is 26.4 Å². The van der Waals surface area contributed by atoms with E-state index in [1.54, 1.807) is 0 Å². The van der Waals surface area contributed by atoms with Crippen LogP contribution in [0.4, 0.5) is 0 Å². The van der Waals surface area contributed by atoms with E-state index in [0.29, 0.717) is 25.7 Å². The predicted octanol–water partition coefficient (Wildman–Crippen LogP) is 22.9. The Labute approximate surface area is 588 Å². The van der Waals surface area contributed by atoms with E-state index in [2.05, 4.69) is 34.6 Å². The van der Waals surface area contributed by atoms with Crippen molar-refractivity contribution in [3.8, 4) is 0 Å². The zero-order chi connectivity index (χ0) is 70.5. The Morgan fingerprint density at radius 2 is 0.500 bits per heavy atom. The van der Waals surface area contributed by atoms with Gasteiger partial charge in [-0.05, 0) is 31.6 Å². The fourth-order valence-corrected chi connectivity index (χ4v) is 13.4. The third-order valence-electron chi connectivity index (χ3n) is 18.4. The number of hydrogen-bond acceptors (Lipinski definition) is 15. The Balaban J connectivity index is 5.24. The van der Waals surface area contributed by atoms with Crippen molar-refractivity contribution in [2.45, 2.75) is 425 Å². The number of hydrogen-bond donors (Lipinski definition) is 3. The van der Waals surface area contributed by atoms with Crippen LogP contribution < -0.4 is 0 Å². The van der Waals surface area contributed by atoms with E-state index in [4.69, 9.17) is 37.0 Å². The monoisotopic (exact) mass is 1410 g/mol. The second-order valence-corrected chi connectivity index (χ2v) is 30.9. The van der Waals surface area contributed by atoms with E-state index in [1.807, 2.05) is 0 Å². The maximum Gasteiger partial charge on any atom is 0.472 e. The molecule has 0 heterocycles. The maximum absolute atomic E-state index is 13.1. The molecule has 0 rings (SSSR count). The van der Waals surface area contributed by atoms with Crippen LogP contribution in [0.1, 0.15) is 407 Å². The lowest BCUT2D eigenvalue weighted by molar-refractivity contribution is -0.161. The van der Waals surface area contributed by atoms with Crippen LogP contribution in [-0.4, -0.2) is 96.7 Å². The van der Waals surface area contributed by atoms with E-state index < -0.39 is 97.5 Å². The second kappa shape index (κ2) is 70.1. The summed E-state index contributed by atoms with van der Waals surface area (Å²) in [4.78, 5) is 72.8. The minimum Gasteiger partial charge on any atom is -0.462 e. The smallest absolute Gasteiger partial charge is 0.462 e. The minimum absolute atomic E-state index is 0.106. The molecule has 0 aliphatic heterocycles. The Morgan fingerprint density at radius 1 is 0.292 bits per heavy atom. The summed E-state index contributed by atoms with van der Waals surface area (Å²) in [6.07, 6.45) is 59.6. The van der Waals surface area contributed by atoms with E-state index in [9.17, 15) is 43.2 Å². The summed E-state index contributed by atoms with van der Waals surface area (Å²) >= 11 is 0. The normalized spacial score (nSPS) is 14.2. The first kappa shape index (κ1) is 94.1. The van der Waals surface area contributed by atoms with Gasteiger partial charge in [-0.3, -0.25) is 37.3 Å². The van der Waals surface area contributed by atoms with Crippen LogP contribution >= 0.6 is 15.6 Å². The van der Waals surface area contributed by atoms with Gasteiger partial charge in [0.2, 0.25) is 0 Å². The van der Waals surface area contributed by atoms with Crippen molar-refractivity contribution < 1.29 is 80.2 Å². The number of aliphatic hydroxyl groups is 1. The predicted molar refractivity (Wildman–Crippen MR) is 391 cm³/mol. The molecule has 6 atom stereocenters. The summed E-state index contributed by atoms with van der Waals surface area (Å²) in [5, 5.41) is 10.6. The lowest BCUT2D eigenvalue weighted by atomic mass is 9.99. The molecule has 0 fully saturated rings. The lowest BCUT2D eigenvalue weighted by Crippen LogP contribution is -2.30. The summed E-state index contributed by atoms with van der Waals surface area (Å²) in [5.41, 5.74) is 0. The molecule has 0 aromatic heterocycles. The van der Waals surface area contributed by atoms with E-state index >= 15 is 0 Å². The highest BCUT2D eigenvalue weighted by atomic mass is 31.2. The number of esters is 4. The quantitative estimate of drug-likeness (QED) is 0.0222. The van der Waals surface area contributed by atoms with Gasteiger partial charge in [0, 0.05) is 25.7 Å². The molecule has 3 unspecified atom stereocenters. The van der Waals surface area contributed by atoms with Crippen molar-refractivity contribution in [2.24, 2.45) is 5.92 Å². The molecule has 3 N–H and O–H groups in total. The molecule has 0 aromatic rings. The Hall–Kier alpha value is -1.94. The first-order chi connectivity index (χ1) is 46.6. The van der Waals surface area contributed by atoms with Gasteiger partial charge in [-0.2, -0.15) is 0 Å². The average molecular weight is 1410 g/mol. The number of rotatable bonds is 77. The van der Waals surface area contributed by atoms with Crippen LogP contribution in [0.5, 0.6) is 0 Å². The highest BCUT2D eigenvalue weighted by molar-refractivity contribution is 7.47. The third kappa shape index (κ3) is 69.2. The number of carbonyl (C=O) groups excluding carboxylic acids is 4. The summed E-state index contributed by atoms with van der Waals surface area (Å²) in [6, 6.07) is 0. The summed E-state index contributed by atoms with van der Waals surface area (Å²) in [6.45, 7) is 7.29. The van der Waals surface area contributed by atoms with Gasteiger partial charge < -0.3 is 33.8 Å². The molecule has 570 valence electrons. The van der Waals surface area contributed by atoms with Crippen LogP contribution in [0.3, 0.4) is 0 Å². The van der Waals surface area contributed by atoms with E-state index in [1.165, 1.54) is 231 Å². The Bertz CT molecular complexity index is 1840. The van der Waals surface area contributed by atoms with Crippen LogP contribution in [-0.2, 0) is 65.4 Å². The summed E-state index contributed by atoms with van der Waals surface area (Å²) < 4.78 is 68.6. The van der Waals surface area contributed by atoms with Crippen molar-refractivity contribution in [3.63, 3.8) is 0 Å². The van der Waals surface area contributed by atoms with Gasteiger partial charge in [0.15, 0.2) is 12.2 Å². The third-order valence-corrected chi connectivity index (χ3v) is 20.3. The zero-order valence-corrected chi connectivity index (χ0v) is 64.3. The second-order valence-electron chi connectivity index (χ2n) is 28.0. The van der Waals surface area contributed by atoms with Crippen LogP contribution in [0, 0.1) is 5.92 Å². The molecule has 0 aromatic carbocycles. The topological polar surface area (TPSA) is 237 Å². The number of phosphoric ester groups is 2. The largest absolute Gasteiger partial charge is 0.472 e. The molecule has 0 aliphatic carbocycles. The highest BCUT2D eigenvalue weighted by Gasteiger charge is 2.30. The average Bonchev–Trinajstić information content (AvgIpc) is 1.31. The van der Waals surface area contributed by atoms with Gasteiger partial charge in [0.1, 0.15) is 19.3 Å². The Kier molecular flexibility index (Phi) is 68.7. The van der Waals surface area contributed by atoms with Gasteiger partial charge in [-0.25, -0.2) is 9.13 Å². The molecule has 0 radical (unpaired) electrons. The molecular weight excluding hydrogens is 1260 g/mol. The summed E-state index contributed by atoms with van der Waals surface area (Å²) in [7, 11) is -9.91. The van der Waals surface area contributed by atoms with Crippen LogP contribution in [0.15, 0.2) is 0 Å². The van der Waals surface area contributed by atoms with Crippen LogP contribution in [0.2, 0.25) is 0 Å². The fourth-order valence-electron chi connectivity index (χ4n) is 11.8. The van der Waals surface area contributed by atoms with Gasteiger partial charge in [-0.1, -0.05) is 356 Å². The molecule has 0 amide bonds. The van der Waals surface area contributed by atoms with Crippen molar-refractivity contribution in [3.05, 3.63) is 0 Å². The highest BCUT2D eigenvalue weighted by Crippen LogP contribution is 2.45. The van der Waals surface area contributed by atoms with Crippen LogP contribution in [0.25, 0.3) is 0 Å². The van der Waals surface area contributed by atoms with Crippen molar-refractivity contribution in [2.75, 3.05) is 39.6 Å². The molecule has 0 bridgehead atoms. The van der Waals surface area contributed by atoms with Crippen molar-refractivity contribution in [1.82, 2.24) is 0 Å². The van der Waals surface area contributed by atoms with E-state index in [-0.39, 0.29) is 25.7 Å². The number of unbranched alkanes of at least 4 members (excludes halogenated alkanes) is 48. The first-order valence-electron chi connectivity index (χ1n) is 40.2. The zero-order valence-electron chi connectivity index (χ0n) is 62.5. The number of ether oxygens (including phenoxy) is 4. The standard InChI is InChI=1S/C77H150O17P2/c1-6-10-13-16-19-22-25-27-29-31-32-34-36-38-41-47-52-57-62-76(81)93-72(66-88-75(80)61-56-51-46-40-37-35-33-30-28-26-23-20-17-14-11-7-2)68-91-95(83,84)89-64-71(78)65-90-96(85,86)92-69-73(67-87-74(79)60-55-50-45-39-24-21-18-15-12-8-3)94-77(82)63-58-53-48-43-42-44-49-54-59-70(5)9-4/h70-73,78H,6-69H2,1-5H3,(H,83,84)(H,85,86)/t70?,71-,72-,73-/m1/s1. The molecule has 0 spiro atoms. The van der Waals surface area contributed by atoms with E-state index in [0.717, 1.165) is 95.8 Å². The van der Waals surface area contributed by atoms with Gasteiger partial charge in [-0.15, -0.1) is 0 Å².